The van der Waals surface area contributed by atoms with Crippen molar-refractivity contribution in [1.29, 1.82) is 0 Å². The summed E-state index contributed by atoms with van der Waals surface area (Å²) in [5.74, 6) is -0.272. The number of anilines is 1. The van der Waals surface area contributed by atoms with E-state index in [4.69, 9.17) is 5.11 Å². The molecule has 1 fully saturated rings. The lowest BCUT2D eigenvalue weighted by Gasteiger charge is -2.27. The molecule has 98 valence electrons. The van der Waals surface area contributed by atoms with Crippen molar-refractivity contribution >= 4 is 11.9 Å². The molecule has 0 radical (unpaired) electrons. The van der Waals surface area contributed by atoms with Gasteiger partial charge in [0.2, 0.25) is 5.95 Å². The first-order valence-corrected chi connectivity index (χ1v) is 6.37. The van der Waals surface area contributed by atoms with E-state index in [-0.39, 0.29) is 12.6 Å². The molecule has 5 heteroatoms. The van der Waals surface area contributed by atoms with Crippen LogP contribution in [-0.2, 0) is 4.79 Å². The quantitative estimate of drug-likeness (QED) is 0.883. The highest BCUT2D eigenvalue weighted by Crippen LogP contribution is 2.26. The number of hydrogen-bond donors (Lipinski definition) is 1. The van der Waals surface area contributed by atoms with Crippen LogP contribution in [0.2, 0.25) is 0 Å². The van der Waals surface area contributed by atoms with Crippen molar-refractivity contribution in [1.82, 2.24) is 9.97 Å². The highest BCUT2D eigenvalue weighted by atomic mass is 16.4. The van der Waals surface area contributed by atoms with Gasteiger partial charge in [-0.05, 0) is 32.8 Å². The van der Waals surface area contributed by atoms with Gasteiger partial charge in [0.1, 0.15) is 6.54 Å². The van der Waals surface area contributed by atoms with Crippen molar-refractivity contribution in [3.63, 3.8) is 0 Å². The Morgan fingerprint density at radius 2 is 1.89 bits per heavy atom. The van der Waals surface area contributed by atoms with Crippen molar-refractivity contribution < 1.29 is 9.90 Å². The summed E-state index contributed by atoms with van der Waals surface area (Å²) in [6, 6.07) is 2.17. The third kappa shape index (κ3) is 2.97. The van der Waals surface area contributed by atoms with Gasteiger partial charge in [-0.2, -0.15) is 0 Å². The molecular formula is C13H19N3O2. The molecule has 0 amide bonds. The van der Waals surface area contributed by atoms with Gasteiger partial charge >= 0.3 is 5.97 Å². The van der Waals surface area contributed by atoms with Crippen LogP contribution in [0.15, 0.2) is 6.07 Å². The van der Waals surface area contributed by atoms with E-state index in [2.05, 4.69) is 9.97 Å². The van der Waals surface area contributed by atoms with E-state index >= 15 is 0 Å². The Kier molecular flexibility index (Phi) is 3.79. The van der Waals surface area contributed by atoms with E-state index in [0.717, 1.165) is 37.1 Å². The summed E-state index contributed by atoms with van der Waals surface area (Å²) >= 11 is 0. The van der Waals surface area contributed by atoms with Gasteiger partial charge in [-0.15, -0.1) is 0 Å². The predicted molar refractivity (Wildman–Crippen MR) is 68.7 cm³/mol. The number of rotatable bonds is 4. The number of nitrogens with zero attached hydrogens (tertiary/aromatic N) is 3. The fourth-order valence-electron chi connectivity index (χ4n) is 2.56. The highest BCUT2D eigenvalue weighted by molar-refractivity contribution is 5.73. The molecule has 1 heterocycles. The second-order valence-electron chi connectivity index (χ2n) is 4.91. The molecule has 0 atom stereocenters. The zero-order valence-corrected chi connectivity index (χ0v) is 10.9. The molecule has 1 aliphatic rings. The lowest BCUT2D eigenvalue weighted by atomic mass is 10.2. The minimum absolute atomic E-state index is 0.0203. The zero-order chi connectivity index (χ0) is 13.1. The van der Waals surface area contributed by atoms with Crippen LogP contribution >= 0.6 is 0 Å². The molecule has 2 rings (SSSR count). The minimum Gasteiger partial charge on any atom is -0.480 e. The van der Waals surface area contributed by atoms with Crippen LogP contribution in [0.5, 0.6) is 0 Å². The number of aliphatic carboxylic acids is 1. The molecule has 1 N–H and O–H groups in total. The number of hydrogen-bond acceptors (Lipinski definition) is 4. The third-order valence-corrected chi connectivity index (χ3v) is 3.30. The Morgan fingerprint density at radius 3 is 2.39 bits per heavy atom. The van der Waals surface area contributed by atoms with Crippen LogP contribution in [0, 0.1) is 13.8 Å². The van der Waals surface area contributed by atoms with Crippen LogP contribution in [0.3, 0.4) is 0 Å². The van der Waals surface area contributed by atoms with Gasteiger partial charge in [0.25, 0.3) is 0 Å². The van der Waals surface area contributed by atoms with E-state index in [1.165, 1.54) is 0 Å². The SMILES string of the molecule is Cc1cc(C)nc(N(CC(=O)O)C2CCCC2)n1. The van der Waals surface area contributed by atoms with Crippen LogP contribution < -0.4 is 4.90 Å². The van der Waals surface area contributed by atoms with E-state index < -0.39 is 5.97 Å². The van der Waals surface area contributed by atoms with Crippen LogP contribution in [0.25, 0.3) is 0 Å². The molecule has 0 aromatic carbocycles. The lowest BCUT2D eigenvalue weighted by Crippen LogP contribution is -2.39. The summed E-state index contributed by atoms with van der Waals surface area (Å²) in [5.41, 5.74) is 1.76. The largest absolute Gasteiger partial charge is 0.480 e. The lowest BCUT2D eigenvalue weighted by molar-refractivity contribution is -0.135. The maximum absolute atomic E-state index is 11.0. The van der Waals surface area contributed by atoms with Crippen molar-refractivity contribution in [3.05, 3.63) is 17.5 Å². The smallest absolute Gasteiger partial charge is 0.323 e. The Labute approximate surface area is 107 Å². The first-order valence-electron chi connectivity index (χ1n) is 6.37. The fraction of sp³-hybridized carbons (Fsp3) is 0.615. The molecule has 1 aromatic heterocycles. The van der Waals surface area contributed by atoms with Gasteiger partial charge in [-0.25, -0.2) is 9.97 Å². The molecule has 1 saturated carbocycles. The summed E-state index contributed by atoms with van der Waals surface area (Å²) in [4.78, 5) is 21.6. The zero-order valence-electron chi connectivity index (χ0n) is 10.9. The second kappa shape index (κ2) is 5.33. The van der Waals surface area contributed by atoms with Gasteiger partial charge in [0, 0.05) is 17.4 Å². The van der Waals surface area contributed by atoms with Gasteiger partial charge in [0.05, 0.1) is 0 Å². The number of aromatic nitrogens is 2. The van der Waals surface area contributed by atoms with Crippen molar-refractivity contribution in [2.75, 3.05) is 11.4 Å². The van der Waals surface area contributed by atoms with Gasteiger partial charge < -0.3 is 10.0 Å². The fourth-order valence-corrected chi connectivity index (χ4v) is 2.56. The Bertz CT molecular complexity index is 422. The van der Waals surface area contributed by atoms with Crippen LogP contribution in [0.4, 0.5) is 5.95 Å². The minimum atomic E-state index is -0.829. The first kappa shape index (κ1) is 12.8. The maximum atomic E-state index is 11.0. The van der Waals surface area contributed by atoms with Crippen molar-refractivity contribution in [2.45, 2.75) is 45.6 Å². The summed E-state index contributed by atoms with van der Waals surface area (Å²) in [5, 5.41) is 9.05. The first-order chi connectivity index (χ1) is 8.56. The van der Waals surface area contributed by atoms with E-state index in [1.54, 1.807) is 0 Å². The highest BCUT2D eigenvalue weighted by Gasteiger charge is 2.26. The monoisotopic (exact) mass is 249 g/mol. The molecule has 0 saturated heterocycles. The van der Waals surface area contributed by atoms with Crippen molar-refractivity contribution in [2.24, 2.45) is 0 Å². The number of carbonyl (C=O) groups is 1. The summed E-state index contributed by atoms with van der Waals surface area (Å²) in [7, 11) is 0. The molecular weight excluding hydrogens is 230 g/mol. The number of carboxylic acid groups (broad SMARTS) is 1. The van der Waals surface area contributed by atoms with Crippen molar-refractivity contribution in [3.8, 4) is 0 Å². The molecule has 0 bridgehead atoms. The Balaban J connectivity index is 2.28. The van der Waals surface area contributed by atoms with E-state index in [1.807, 2.05) is 24.8 Å². The van der Waals surface area contributed by atoms with Gasteiger partial charge in [-0.3, -0.25) is 4.79 Å². The number of carboxylic acids is 1. The standard InChI is InChI=1S/C13H19N3O2/c1-9-7-10(2)15-13(14-9)16(8-12(17)18)11-5-3-4-6-11/h7,11H,3-6,8H2,1-2H3,(H,17,18). The van der Waals surface area contributed by atoms with Crippen LogP contribution in [0.1, 0.15) is 37.1 Å². The second-order valence-corrected chi connectivity index (χ2v) is 4.91. The van der Waals surface area contributed by atoms with Gasteiger partial charge in [0.15, 0.2) is 0 Å². The molecule has 18 heavy (non-hydrogen) atoms. The molecule has 0 unspecified atom stereocenters. The molecule has 5 nitrogen and oxygen atoms in total. The molecule has 0 spiro atoms. The molecule has 0 aliphatic heterocycles. The Hall–Kier alpha value is -1.65. The summed E-state index contributed by atoms with van der Waals surface area (Å²) in [6.45, 7) is 3.80. The summed E-state index contributed by atoms with van der Waals surface area (Å²) in [6.07, 6.45) is 4.38. The summed E-state index contributed by atoms with van der Waals surface area (Å²) < 4.78 is 0. The average Bonchev–Trinajstić information content (AvgIpc) is 2.77. The molecule has 1 aliphatic carbocycles. The third-order valence-electron chi connectivity index (χ3n) is 3.30. The molecule has 1 aromatic rings. The van der Waals surface area contributed by atoms with E-state index in [0.29, 0.717) is 5.95 Å². The Morgan fingerprint density at radius 1 is 1.33 bits per heavy atom. The van der Waals surface area contributed by atoms with E-state index in [9.17, 15) is 4.79 Å². The van der Waals surface area contributed by atoms with Crippen LogP contribution in [-0.4, -0.2) is 33.6 Å². The predicted octanol–water partition coefficient (Wildman–Crippen LogP) is 1.93. The van der Waals surface area contributed by atoms with Gasteiger partial charge in [-0.1, -0.05) is 12.8 Å². The topological polar surface area (TPSA) is 66.3 Å². The normalized spacial score (nSPS) is 15.9. The number of aryl methyl sites for hydroxylation is 2. The average molecular weight is 249 g/mol. The maximum Gasteiger partial charge on any atom is 0.323 e.